The Morgan fingerprint density at radius 1 is 1.11 bits per heavy atom. The average molecular weight is 265 g/mol. The van der Waals surface area contributed by atoms with Crippen molar-refractivity contribution in [2.24, 2.45) is 0 Å². The van der Waals surface area contributed by atoms with E-state index in [1.807, 2.05) is 0 Å². The van der Waals surface area contributed by atoms with Crippen molar-refractivity contribution in [3.63, 3.8) is 0 Å². The molecule has 1 aliphatic carbocycles. The van der Waals surface area contributed by atoms with E-state index in [4.69, 9.17) is 0 Å². The normalized spacial score (nSPS) is 35.1. The molecule has 3 fully saturated rings. The van der Waals surface area contributed by atoms with Crippen LogP contribution in [-0.4, -0.2) is 48.6 Å². The molecule has 2 saturated heterocycles. The Morgan fingerprint density at radius 2 is 1.79 bits per heavy atom. The van der Waals surface area contributed by atoms with Crippen LogP contribution < -0.4 is 10.6 Å². The number of piperidine rings is 2. The second-order valence-corrected chi connectivity index (χ2v) is 6.62. The third kappa shape index (κ3) is 3.48. The van der Waals surface area contributed by atoms with Crippen molar-refractivity contribution < 1.29 is 4.79 Å². The van der Waals surface area contributed by atoms with Gasteiger partial charge in [-0.05, 0) is 45.6 Å². The number of nitrogens with zero attached hydrogens (tertiary/aromatic N) is 1. The summed E-state index contributed by atoms with van der Waals surface area (Å²) in [6.07, 6.45) is 9.50. The van der Waals surface area contributed by atoms with Crippen LogP contribution in [0.5, 0.6) is 0 Å². The van der Waals surface area contributed by atoms with Crippen LogP contribution in [0, 0.1) is 0 Å². The molecule has 2 N–H and O–H groups in total. The van der Waals surface area contributed by atoms with Gasteiger partial charge in [0.1, 0.15) is 0 Å². The molecule has 1 saturated carbocycles. The van der Waals surface area contributed by atoms with Gasteiger partial charge < -0.3 is 15.5 Å². The largest absolute Gasteiger partial charge is 0.353 e. The molecule has 2 bridgehead atoms. The zero-order valence-electron chi connectivity index (χ0n) is 12.0. The molecule has 4 heteroatoms. The summed E-state index contributed by atoms with van der Waals surface area (Å²) in [5.74, 6) is 0.237. The van der Waals surface area contributed by atoms with Crippen LogP contribution in [0.2, 0.25) is 0 Å². The number of carbonyl (C=O) groups is 1. The number of hydrogen-bond acceptors (Lipinski definition) is 3. The van der Waals surface area contributed by atoms with Gasteiger partial charge in [-0.2, -0.15) is 0 Å². The van der Waals surface area contributed by atoms with Gasteiger partial charge in [-0.1, -0.05) is 6.42 Å². The van der Waals surface area contributed by atoms with Crippen LogP contribution in [0.25, 0.3) is 0 Å². The molecule has 19 heavy (non-hydrogen) atoms. The molecule has 2 heterocycles. The molecule has 0 radical (unpaired) electrons. The summed E-state index contributed by atoms with van der Waals surface area (Å²) in [4.78, 5) is 14.5. The average Bonchev–Trinajstić information content (AvgIpc) is 3.14. The topological polar surface area (TPSA) is 44.4 Å². The molecule has 0 aromatic carbocycles. The SMILES string of the molecule is CN1C2CCCC1CC(NC(=O)CCNC1CC1)C2. The van der Waals surface area contributed by atoms with E-state index in [-0.39, 0.29) is 5.91 Å². The maximum Gasteiger partial charge on any atom is 0.221 e. The highest BCUT2D eigenvalue weighted by atomic mass is 16.1. The van der Waals surface area contributed by atoms with Crippen molar-refractivity contribution in [2.45, 2.75) is 75.5 Å². The number of nitrogens with one attached hydrogen (secondary N) is 2. The Hall–Kier alpha value is -0.610. The minimum absolute atomic E-state index is 0.237. The summed E-state index contributed by atoms with van der Waals surface area (Å²) in [6.45, 7) is 0.843. The van der Waals surface area contributed by atoms with Gasteiger partial charge >= 0.3 is 0 Å². The minimum Gasteiger partial charge on any atom is -0.353 e. The summed E-state index contributed by atoms with van der Waals surface area (Å²) in [7, 11) is 2.26. The first kappa shape index (κ1) is 13.4. The lowest BCUT2D eigenvalue weighted by Crippen LogP contribution is -2.55. The standard InChI is InChI=1S/C15H27N3O/c1-18-13-3-2-4-14(18)10-12(9-13)17-15(19)7-8-16-11-5-6-11/h11-14,16H,2-10H2,1H3,(H,17,19). The second kappa shape index (κ2) is 5.80. The molecule has 2 atom stereocenters. The first-order valence-electron chi connectivity index (χ1n) is 7.97. The Balaban J connectivity index is 1.40. The lowest BCUT2D eigenvalue weighted by Gasteiger charge is -2.47. The van der Waals surface area contributed by atoms with E-state index in [0.29, 0.717) is 30.6 Å². The fourth-order valence-corrected chi connectivity index (χ4v) is 3.71. The Labute approximate surface area is 116 Å². The van der Waals surface area contributed by atoms with E-state index in [2.05, 4.69) is 22.6 Å². The number of fused-ring (bicyclic) bond motifs is 2. The summed E-state index contributed by atoms with van der Waals surface area (Å²) >= 11 is 0. The molecule has 4 nitrogen and oxygen atoms in total. The van der Waals surface area contributed by atoms with E-state index >= 15 is 0 Å². The summed E-state index contributed by atoms with van der Waals surface area (Å²) in [5, 5.41) is 6.66. The van der Waals surface area contributed by atoms with Crippen molar-refractivity contribution in [2.75, 3.05) is 13.6 Å². The molecule has 0 aromatic rings. The van der Waals surface area contributed by atoms with E-state index in [1.165, 1.54) is 32.1 Å². The second-order valence-electron chi connectivity index (χ2n) is 6.62. The van der Waals surface area contributed by atoms with Gasteiger partial charge in [-0.3, -0.25) is 4.79 Å². The molecular weight excluding hydrogens is 238 g/mol. The lowest BCUT2D eigenvalue weighted by atomic mass is 9.82. The van der Waals surface area contributed by atoms with Crippen LogP contribution in [-0.2, 0) is 4.79 Å². The summed E-state index contributed by atoms with van der Waals surface area (Å²) in [5.41, 5.74) is 0. The zero-order chi connectivity index (χ0) is 13.2. The molecule has 108 valence electrons. The third-order valence-electron chi connectivity index (χ3n) is 5.07. The predicted molar refractivity (Wildman–Crippen MR) is 76.0 cm³/mol. The van der Waals surface area contributed by atoms with Gasteiger partial charge in [0.15, 0.2) is 0 Å². The van der Waals surface area contributed by atoms with Gasteiger partial charge in [0.05, 0.1) is 0 Å². The summed E-state index contributed by atoms with van der Waals surface area (Å²) in [6, 6.07) is 2.51. The van der Waals surface area contributed by atoms with E-state index in [1.54, 1.807) is 0 Å². The van der Waals surface area contributed by atoms with Gasteiger partial charge in [-0.15, -0.1) is 0 Å². The molecule has 0 aromatic heterocycles. The van der Waals surface area contributed by atoms with Crippen molar-refractivity contribution in [3.8, 4) is 0 Å². The Kier molecular flexibility index (Phi) is 4.08. The van der Waals surface area contributed by atoms with Gasteiger partial charge in [-0.25, -0.2) is 0 Å². The molecule has 2 aliphatic heterocycles. The summed E-state index contributed by atoms with van der Waals surface area (Å²) < 4.78 is 0. The van der Waals surface area contributed by atoms with Gasteiger partial charge in [0.25, 0.3) is 0 Å². The van der Waals surface area contributed by atoms with Gasteiger partial charge in [0.2, 0.25) is 5.91 Å². The van der Waals surface area contributed by atoms with Crippen LogP contribution in [0.1, 0.15) is 51.4 Å². The minimum atomic E-state index is 0.237. The fourth-order valence-electron chi connectivity index (χ4n) is 3.71. The zero-order valence-corrected chi connectivity index (χ0v) is 12.0. The number of rotatable bonds is 5. The lowest BCUT2D eigenvalue weighted by molar-refractivity contribution is -0.122. The first-order chi connectivity index (χ1) is 9.22. The van der Waals surface area contributed by atoms with Gasteiger partial charge in [0, 0.05) is 37.1 Å². The third-order valence-corrected chi connectivity index (χ3v) is 5.07. The maximum atomic E-state index is 11.9. The van der Waals surface area contributed by atoms with Crippen molar-refractivity contribution in [3.05, 3.63) is 0 Å². The number of hydrogen-bond donors (Lipinski definition) is 2. The highest BCUT2D eigenvalue weighted by Crippen LogP contribution is 2.32. The molecule has 1 amide bonds. The van der Waals surface area contributed by atoms with Crippen LogP contribution in [0.3, 0.4) is 0 Å². The first-order valence-corrected chi connectivity index (χ1v) is 7.97. The van der Waals surface area contributed by atoms with E-state index < -0.39 is 0 Å². The number of amides is 1. The highest BCUT2D eigenvalue weighted by Gasteiger charge is 2.36. The molecule has 3 aliphatic rings. The monoisotopic (exact) mass is 265 g/mol. The van der Waals surface area contributed by atoms with E-state index in [9.17, 15) is 4.79 Å². The molecular formula is C15H27N3O. The van der Waals surface area contributed by atoms with Crippen LogP contribution in [0.4, 0.5) is 0 Å². The molecule has 0 spiro atoms. The van der Waals surface area contributed by atoms with Crippen molar-refractivity contribution in [1.82, 2.24) is 15.5 Å². The molecule has 3 rings (SSSR count). The highest BCUT2D eigenvalue weighted by molar-refractivity contribution is 5.76. The predicted octanol–water partition coefficient (Wildman–Crippen LogP) is 1.26. The molecule has 2 unspecified atom stereocenters. The van der Waals surface area contributed by atoms with Crippen LogP contribution in [0.15, 0.2) is 0 Å². The quantitative estimate of drug-likeness (QED) is 0.786. The van der Waals surface area contributed by atoms with Crippen LogP contribution >= 0.6 is 0 Å². The number of carbonyl (C=O) groups excluding carboxylic acids is 1. The van der Waals surface area contributed by atoms with E-state index in [0.717, 1.165) is 19.4 Å². The van der Waals surface area contributed by atoms with Crippen molar-refractivity contribution >= 4 is 5.91 Å². The Bertz CT molecular complexity index is 315. The maximum absolute atomic E-state index is 11.9. The fraction of sp³-hybridized carbons (Fsp3) is 0.933. The Morgan fingerprint density at radius 3 is 2.42 bits per heavy atom. The smallest absolute Gasteiger partial charge is 0.221 e. The van der Waals surface area contributed by atoms with Crippen molar-refractivity contribution in [1.29, 1.82) is 0 Å².